The summed E-state index contributed by atoms with van der Waals surface area (Å²) in [5, 5.41) is 15.0. The van der Waals surface area contributed by atoms with Crippen molar-refractivity contribution in [3.8, 4) is 27.9 Å². The molecule has 0 spiro atoms. The van der Waals surface area contributed by atoms with E-state index in [4.69, 9.17) is 9.15 Å². The van der Waals surface area contributed by atoms with Crippen molar-refractivity contribution in [1.29, 1.82) is 0 Å². The largest absolute Gasteiger partial charge is 0.496 e. The molecule has 0 unspecified atom stereocenters. The standard InChI is InChI=1S/C18H12N4O2S/c1-23-14-9-5-3-7-12(14)17-21-22-16(19-20-18(22)25-17)15-10-11-6-2-4-8-13(11)24-15/h2-10H,1H3. The van der Waals surface area contributed by atoms with Gasteiger partial charge in [-0.1, -0.05) is 41.7 Å². The molecule has 6 nitrogen and oxygen atoms in total. The molecule has 0 atom stereocenters. The predicted molar refractivity (Wildman–Crippen MR) is 95.9 cm³/mol. The first kappa shape index (κ1) is 14.2. The van der Waals surface area contributed by atoms with Crippen molar-refractivity contribution in [1.82, 2.24) is 19.8 Å². The quantitative estimate of drug-likeness (QED) is 0.487. The Morgan fingerprint density at radius 2 is 1.88 bits per heavy atom. The second-order valence-electron chi connectivity index (χ2n) is 5.47. The van der Waals surface area contributed by atoms with Crippen LogP contribution in [0.5, 0.6) is 5.75 Å². The molecule has 0 aliphatic rings. The highest BCUT2D eigenvalue weighted by Gasteiger charge is 2.18. The topological polar surface area (TPSA) is 65.5 Å². The Morgan fingerprint density at radius 1 is 1.04 bits per heavy atom. The maximum Gasteiger partial charge on any atom is 0.235 e. The number of fused-ring (bicyclic) bond motifs is 2. The fraction of sp³-hybridized carbons (Fsp3) is 0.0556. The minimum atomic E-state index is 0.587. The Labute approximate surface area is 146 Å². The van der Waals surface area contributed by atoms with Gasteiger partial charge in [0.05, 0.1) is 12.7 Å². The van der Waals surface area contributed by atoms with Gasteiger partial charge in [-0.05, 0) is 24.3 Å². The van der Waals surface area contributed by atoms with Gasteiger partial charge >= 0.3 is 0 Å². The van der Waals surface area contributed by atoms with Crippen LogP contribution in [0.15, 0.2) is 59.0 Å². The highest BCUT2D eigenvalue weighted by Crippen LogP contribution is 2.34. The van der Waals surface area contributed by atoms with Crippen LogP contribution in [0.2, 0.25) is 0 Å². The summed E-state index contributed by atoms with van der Waals surface area (Å²) < 4.78 is 13.0. The Balaban J connectivity index is 1.67. The maximum absolute atomic E-state index is 5.90. The lowest BCUT2D eigenvalue weighted by molar-refractivity contribution is 0.416. The zero-order valence-electron chi connectivity index (χ0n) is 13.2. The summed E-state index contributed by atoms with van der Waals surface area (Å²) in [4.78, 5) is 0.705. The summed E-state index contributed by atoms with van der Waals surface area (Å²) in [5.74, 6) is 2.01. The van der Waals surface area contributed by atoms with Crippen molar-refractivity contribution in [3.05, 3.63) is 54.6 Å². The van der Waals surface area contributed by atoms with E-state index < -0.39 is 0 Å². The van der Waals surface area contributed by atoms with E-state index in [0.717, 1.165) is 27.3 Å². The Kier molecular flexibility index (Phi) is 3.07. The summed E-state index contributed by atoms with van der Waals surface area (Å²) in [6.45, 7) is 0. The molecule has 5 aromatic rings. The predicted octanol–water partition coefficient (Wildman–Crippen LogP) is 4.27. The number of hydrogen-bond donors (Lipinski definition) is 0. The van der Waals surface area contributed by atoms with Gasteiger partial charge < -0.3 is 9.15 Å². The summed E-state index contributed by atoms with van der Waals surface area (Å²) in [6, 6.07) is 17.6. The molecule has 0 aliphatic carbocycles. The average molecular weight is 348 g/mol. The third kappa shape index (κ3) is 2.20. The van der Waals surface area contributed by atoms with Gasteiger partial charge in [-0.15, -0.1) is 10.2 Å². The summed E-state index contributed by atoms with van der Waals surface area (Å²) in [5.41, 5.74) is 1.74. The lowest BCUT2D eigenvalue weighted by Gasteiger charge is -2.03. The highest BCUT2D eigenvalue weighted by molar-refractivity contribution is 7.19. The molecule has 0 fully saturated rings. The van der Waals surface area contributed by atoms with Gasteiger partial charge in [0, 0.05) is 5.39 Å². The highest BCUT2D eigenvalue weighted by atomic mass is 32.1. The molecule has 5 rings (SSSR count). The molecule has 3 heterocycles. The number of methoxy groups -OCH3 is 1. The van der Waals surface area contributed by atoms with Crippen molar-refractivity contribution in [3.63, 3.8) is 0 Å². The molecule has 122 valence electrons. The van der Waals surface area contributed by atoms with Gasteiger partial charge in [-0.3, -0.25) is 0 Å². The lowest BCUT2D eigenvalue weighted by atomic mass is 10.2. The van der Waals surface area contributed by atoms with Gasteiger partial charge in [0.2, 0.25) is 10.8 Å². The molecule has 2 aromatic carbocycles. The fourth-order valence-electron chi connectivity index (χ4n) is 2.79. The number of para-hydroxylation sites is 2. The van der Waals surface area contributed by atoms with Crippen LogP contribution >= 0.6 is 11.3 Å². The molecule has 0 bridgehead atoms. The van der Waals surface area contributed by atoms with Crippen molar-refractivity contribution >= 4 is 27.3 Å². The third-order valence-electron chi connectivity index (χ3n) is 3.97. The number of aromatic nitrogens is 4. The molecular formula is C18H12N4O2S. The van der Waals surface area contributed by atoms with E-state index in [-0.39, 0.29) is 0 Å². The average Bonchev–Trinajstić information content (AvgIpc) is 3.34. The second-order valence-corrected chi connectivity index (χ2v) is 6.43. The first-order chi connectivity index (χ1) is 12.3. The van der Waals surface area contributed by atoms with Gasteiger partial charge in [0.25, 0.3) is 0 Å². The molecule has 0 saturated carbocycles. The molecule has 25 heavy (non-hydrogen) atoms. The summed E-state index contributed by atoms with van der Waals surface area (Å²) in [6.07, 6.45) is 0. The van der Waals surface area contributed by atoms with Gasteiger partial charge in [0.1, 0.15) is 11.3 Å². The van der Waals surface area contributed by atoms with Gasteiger partial charge in [-0.2, -0.15) is 9.61 Å². The minimum absolute atomic E-state index is 0.587. The summed E-state index contributed by atoms with van der Waals surface area (Å²) in [7, 11) is 1.65. The number of hydrogen-bond acceptors (Lipinski definition) is 6. The molecule has 0 saturated heterocycles. The Bertz CT molecular complexity index is 1170. The number of nitrogens with zero attached hydrogens (tertiary/aromatic N) is 4. The van der Waals surface area contributed by atoms with Crippen LogP contribution in [0.4, 0.5) is 0 Å². The van der Waals surface area contributed by atoms with E-state index in [1.54, 1.807) is 11.6 Å². The molecule has 3 aromatic heterocycles. The van der Waals surface area contributed by atoms with E-state index in [0.29, 0.717) is 16.5 Å². The van der Waals surface area contributed by atoms with E-state index >= 15 is 0 Å². The van der Waals surface area contributed by atoms with Crippen molar-refractivity contribution < 1.29 is 9.15 Å². The van der Waals surface area contributed by atoms with Crippen molar-refractivity contribution in [2.45, 2.75) is 0 Å². The van der Waals surface area contributed by atoms with E-state index in [1.807, 2.05) is 54.6 Å². The van der Waals surface area contributed by atoms with Crippen LogP contribution in [0.25, 0.3) is 38.1 Å². The third-order valence-corrected chi connectivity index (χ3v) is 4.91. The van der Waals surface area contributed by atoms with Crippen LogP contribution in [0.3, 0.4) is 0 Å². The number of rotatable bonds is 3. The molecule has 0 aliphatic heterocycles. The molecule has 0 radical (unpaired) electrons. The number of benzene rings is 2. The zero-order valence-corrected chi connectivity index (χ0v) is 14.0. The molecule has 0 amide bonds. The van der Waals surface area contributed by atoms with Gasteiger partial charge in [0.15, 0.2) is 10.8 Å². The van der Waals surface area contributed by atoms with Crippen LogP contribution in [-0.4, -0.2) is 26.9 Å². The van der Waals surface area contributed by atoms with E-state index in [1.165, 1.54) is 11.3 Å². The number of ether oxygens (including phenoxy) is 1. The van der Waals surface area contributed by atoms with Crippen LogP contribution in [0, 0.1) is 0 Å². The normalized spacial score (nSPS) is 11.4. The SMILES string of the molecule is COc1ccccc1-c1nn2c(-c3cc4ccccc4o3)nnc2s1. The lowest BCUT2D eigenvalue weighted by Crippen LogP contribution is -1.91. The smallest absolute Gasteiger partial charge is 0.235 e. The Morgan fingerprint density at radius 3 is 2.76 bits per heavy atom. The first-order valence-corrected chi connectivity index (χ1v) is 8.50. The zero-order chi connectivity index (χ0) is 16.8. The van der Waals surface area contributed by atoms with Crippen LogP contribution in [-0.2, 0) is 0 Å². The minimum Gasteiger partial charge on any atom is -0.496 e. The molecule has 7 heteroatoms. The van der Waals surface area contributed by atoms with E-state index in [2.05, 4.69) is 15.3 Å². The summed E-state index contributed by atoms with van der Waals surface area (Å²) >= 11 is 1.46. The fourth-order valence-corrected chi connectivity index (χ4v) is 3.66. The first-order valence-electron chi connectivity index (χ1n) is 7.68. The van der Waals surface area contributed by atoms with Crippen molar-refractivity contribution in [2.75, 3.05) is 7.11 Å². The Hall–Kier alpha value is -3.19. The monoisotopic (exact) mass is 348 g/mol. The molecular weight excluding hydrogens is 336 g/mol. The van der Waals surface area contributed by atoms with Crippen LogP contribution < -0.4 is 4.74 Å². The van der Waals surface area contributed by atoms with Crippen molar-refractivity contribution in [2.24, 2.45) is 0 Å². The second kappa shape index (κ2) is 5.42. The van der Waals surface area contributed by atoms with E-state index in [9.17, 15) is 0 Å². The van der Waals surface area contributed by atoms with Crippen LogP contribution in [0.1, 0.15) is 0 Å². The number of furan rings is 1. The molecule has 0 N–H and O–H groups in total. The van der Waals surface area contributed by atoms with Gasteiger partial charge in [-0.25, -0.2) is 0 Å². The maximum atomic E-state index is 5.90.